The van der Waals surface area contributed by atoms with Crippen LogP contribution in [0.2, 0.25) is 0 Å². The van der Waals surface area contributed by atoms with Crippen LogP contribution in [-0.4, -0.2) is 82.3 Å². The average Bonchev–Trinajstić information content (AvgIpc) is 3.39. The third-order valence-corrected chi connectivity index (χ3v) is 12.0. The SMILES string of the molecule is COc1cccc(C2C3=CCC4C(=O)N(c5ccc(N6CCOCC6)cc5)C(=O)C4C3CC3(Cl)C(=O)N(CBr)C(=O)C23Cl)c1O. The maximum atomic E-state index is 14.3. The molecular weight excluding hydrogens is 689 g/mol. The predicted octanol–water partition coefficient (Wildman–Crippen LogP) is 4.15. The van der Waals surface area contributed by atoms with E-state index in [1.165, 1.54) is 12.0 Å². The topological polar surface area (TPSA) is 117 Å². The Kier molecular flexibility index (Phi) is 7.46. The van der Waals surface area contributed by atoms with E-state index in [2.05, 4.69) is 20.8 Å². The molecule has 2 aliphatic carbocycles. The molecule has 2 aromatic carbocycles. The van der Waals surface area contributed by atoms with Crippen molar-refractivity contribution < 1.29 is 33.8 Å². The second kappa shape index (κ2) is 11.0. The maximum absolute atomic E-state index is 14.3. The average molecular weight is 719 g/mol. The lowest BCUT2D eigenvalue weighted by Crippen LogP contribution is -2.60. The second-order valence-corrected chi connectivity index (χ2v) is 13.8. The number of nitrogens with zero attached hydrogens (tertiary/aromatic N) is 3. The van der Waals surface area contributed by atoms with Crippen molar-refractivity contribution in [2.24, 2.45) is 17.8 Å². The van der Waals surface area contributed by atoms with Crippen LogP contribution >= 0.6 is 39.1 Å². The highest BCUT2D eigenvalue weighted by Crippen LogP contribution is 2.66. The molecule has 3 heterocycles. The summed E-state index contributed by atoms with van der Waals surface area (Å²) < 4.78 is 10.8. The standard InChI is InChI=1S/C32H30BrCl2N3O7/c1-44-23-4-2-3-21(26(23)39)25-19-9-10-20-24(22(19)15-31(34)29(42)37(16-33)30(43)32(25,31)35)28(41)38(27(20)40)18-7-5-17(6-8-18)36-11-13-45-14-12-36/h2-9,20,22,24-25,39H,10-16H2,1H3. The number of likely N-dealkylation sites (tertiary alicyclic amines) is 1. The molecule has 4 fully saturated rings. The molecule has 0 spiro atoms. The molecule has 7 rings (SSSR count). The first-order valence-corrected chi connectivity index (χ1v) is 16.6. The largest absolute Gasteiger partial charge is 0.504 e. The molecule has 0 bridgehead atoms. The highest BCUT2D eigenvalue weighted by Gasteiger charge is 2.76. The number of hydrogen-bond acceptors (Lipinski definition) is 8. The normalized spacial score (nSPS) is 32.8. The number of aromatic hydroxyl groups is 1. The van der Waals surface area contributed by atoms with Crippen LogP contribution in [0.4, 0.5) is 11.4 Å². The molecule has 5 aliphatic rings. The van der Waals surface area contributed by atoms with Gasteiger partial charge in [-0.1, -0.05) is 39.7 Å². The van der Waals surface area contributed by atoms with E-state index in [0.29, 0.717) is 24.5 Å². The first-order valence-electron chi connectivity index (χ1n) is 14.7. The van der Waals surface area contributed by atoms with Crippen LogP contribution in [-0.2, 0) is 23.9 Å². The number of phenols is 1. The summed E-state index contributed by atoms with van der Waals surface area (Å²) in [6, 6.07) is 12.1. The van der Waals surface area contributed by atoms with Crippen LogP contribution in [0.5, 0.6) is 11.5 Å². The van der Waals surface area contributed by atoms with E-state index >= 15 is 0 Å². The van der Waals surface area contributed by atoms with Crippen molar-refractivity contribution in [1.29, 1.82) is 0 Å². The number of fused-ring (bicyclic) bond motifs is 4. The van der Waals surface area contributed by atoms with Crippen molar-refractivity contribution >= 4 is 74.1 Å². The van der Waals surface area contributed by atoms with Gasteiger partial charge in [0.05, 0.1) is 43.3 Å². The van der Waals surface area contributed by atoms with Gasteiger partial charge in [-0.25, -0.2) is 0 Å². The Hall–Kier alpha value is -3.12. The summed E-state index contributed by atoms with van der Waals surface area (Å²) >= 11 is 17.7. The third-order valence-electron chi connectivity index (χ3n) is 10.1. The van der Waals surface area contributed by atoms with Crippen LogP contribution < -0.4 is 14.5 Å². The molecule has 6 atom stereocenters. The number of halogens is 3. The Morgan fingerprint density at radius 2 is 1.67 bits per heavy atom. The predicted molar refractivity (Wildman–Crippen MR) is 170 cm³/mol. The number of carbonyl (C=O) groups excluding carboxylic acids is 4. The Morgan fingerprint density at radius 1 is 0.978 bits per heavy atom. The minimum atomic E-state index is -2.01. The number of anilines is 2. The van der Waals surface area contributed by atoms with E-state index < -0.39 is 51.1 Å². The summed E-state index contributed by atoms with van der Waals surface area (Å²) in [4.78, 5) is 56.3. The van der Waals surface area contributed by atoms with Crippen LogP contribution in [0.1, 0.15) is 24.3 Å². The molecule has 0 aromatic heterocycles. The molecular formula is C32H30BrCl2N3O7. The molecule has 1 saturated carbocycles. The molecule has 3 saturated heterocycles. The lowest BCUT2D eigenvalue weighted by Gasteiger charge is -2.50. The van der Waals surface area contributed by atoms with Crippen LogP contribution in [0.15, 0.2) is 54.1 Å². The van der Waals surface area contributed by atoms with Gasteiger partial charge in [-0.2, -0.15) is 0 Å². The van der Waals surface area contributed by atoms with Gasteiger partial charge in [0.25, 0.3) is 11.8 Å². The summed E-state index contributed by atoms with van der Waals surface area (Å²) in [6.07, 6.45) is 1.92. The summed E-state index contributed by atoms with van der Waals surface area (Å²) in [5, 5.41) is 11.3. The van der Waals surface area contributed by atoms with Crippen molar-refractivity contribution in [3.05, 3.63) is 59.7 Å². The molecule has 13 heteroatoms. The number of para-hydroxylation sites is 1. The number of alkyl halides is 3. The van der Waals surface area contributed by atoms with Gasteiger partial charge in [0, 0.05) is 30.3 Å². The van der Waals surface area contributed by atoms with Gasteiger partial charge < -0.3 is 19.5 Å². The first kappa shape index (κ1) is 30.5. The smallest absolute Gasteiger partial charge is 0.254 e. The molecule has 4 amide bonds. The van der Waals surface area contributed by atoms with Crippen molar-refractivity contribution in [3.8, 4) is 11.5 Å². The number of carbonyl (C=O) groups is 4. The summed E-state index contributed by atoms with van der Waals surface area (Å²) in [6.45, 7) is 2.77. The molecule has 236 valence electrons. The van der Waals surface area contributed by atoms with Gasteiger partial charge in [-0.15, -0.1) is 23.2 Å². The second-order valence-electron chi connectivity index (χ2n) is 12.0. The van der Waals surface area contributed by atoms with E-state index in [0.717, 1.165) is 23.7 Å². The third kappa shape index (κ3) is 4.16. The molecule has 6 unspecified atom stereocenters. The van der Waals surface area contributed by atoms with Crippen LogP contribution in [0.3, 0.4) is 0 Å². The van der Waals surface area contributed by atoms with Gasteiger partial charge >= 0.3 is 0 Å². The van der Waals surface area contributed by atoms with Gasteiger partial charge in [-0.3, -0.25) is 29.0 Å². The van der Waals surface area contributed by atoms with E-state index in [9.17, 15) is 24.3 Å². The highest BCUT2D eigenvalue weighted by molar-refractivity contribution is 9.09. The number of methoxy groups -OCH3 is 1. The highest BCUT2D eigenvalue weighted by atomic mass is 79.9. The molecule has 10 nitrogen and oxygen atoms in total. The molecule has 0 radical (unpaired) electrons. The molecule has 1 N–H and O–H groups in total. The Morgan fingerprint density at radius 3 is 2.33 bits per heavy atom. The number of benzene rings is 2. The monoisotopic (exact) mass is 717 g/mol. The van der Waals surface area contributed by atoms with Crippen molar-refractivity contribution in [3.63, 3.8) is 0 Å². The minimum Gasteiger partial charge on any atom is -0.504 e. The maximum Gasteiger partial charge on any atom is 0.254 e. The lowest BCUT2D eigenvalue weighted by molar-refractivity contribution is -0.138. The Labute approximate surface area is 277 Å². The van der Waals surface area contributed by atoms with Crippen LogP contribution in [0, 0.1) is 17.8 Å². The lowest BCUT2D eigenvalue weighted by atomic mass is 9.56. The Balaban J connectivity index is 1.31. The number of morpholine rings is 1. The molecule has 3 aliphatic heterocycles. The summed E-state index contributed by atoms with van der Waals surface area (Å²) in [7, 11) is 1.40. The van der Waals surface area contributed by atoms with Crippen molar-refractivity contribution in [1.82, 2.24) is 4.90 Å². The fraction of sp³-hybridized carbons (Fsp3) is 0.438. The fourth-order valence-electron chi connectivity index (χ4n) is 7.92. The summed E-state index contributed by atoms with van der Waals surface area (Å²) in [5.41, 5.74) is 2.13. The molecule has 2 aromatic rings. The van der Waals surface area contributed by atoms with Crippen molar-refractivity contribution in [2.75, 3.05) is 48.7 Å². The summed E-state index contributed by atoms with van der Waals surface area (Å²) in [5.74, 6) is -5.55. The number of amides is 4. The molecule has 45 heavy (non-hydrogen) atoms. The van der Waals surface area contributed by atoms with Gasteiger partial charge in [0.2, 0.25) is 11.8 Å². The number of ether oxygens (including phenoxy) is 2. The van der Waals surface area contributed by atoms with E-state index in [-0.39, 0.29) is 41.3 Å². The number of imide groups is 2. The quantitative estimate of drug-likeness (QED) is 0.212. The van der Waals surface area contributed by atoms with E-state index in [1.807, 2.05) is 18.2 Å². The number of allylic oxidation sites excluding steroid dienone is 2. The zero-order valence-corrected chi connectivity index (χ0v) is 27.3. The number of phenolic OH excluding ortho intramolecular Hbond substituents is 1. The van der Waals surface area contributed by atoms with Gasteiger partial charge in [0.1, 0.15) is 0 Å². The minimum absolute atomic E-state index is 0.133. The van der Waals surface area contributed by atoms with E-state index in [1.54, 1.807) is 30.3 Å². The zero-order chi connectivity index (χ0) is 31.8. The number of rotatable bonds is 5. The first-order chi connectivity index (χ1) is 21.6. The van der Waals surface area contributed by atoms with Gasteiger partial charge in [-0.05, 0) is 49.1 Å². The Bertz CT molecular complexity index is 1650. The fourth-order valence-corrected chi connectivity index (χ4v) is 9.34. The van der Waals surface area contributed by atoms with Gasteiger partial charge in [0.15, 0.2) is 21.2 Å². The van der Waals surface area contributed by atoms with Crippen molar-refractivity contribution in [2.45, 2.75) is 28.5 Å². The zero-order valence-electron chi connectivity index (χ0n) is 24.3. The van der Waals surface area contributed by atoms with E-state index in [4.69, 9.17) is 32.7 Å². The number of hydrogen-bond donors (Lipinski definition) is 1. The van der Waals surface area contributed by atoms with Crippen LogP contribution in [0.25, 0.3) is 0 Å².